The third-order valence-electron chi connectivity index (χ3n) is 4.82. The molecule has 1 aliphatic rings. The molecule has 1 heterocycles. The Labute approximate surface area is 205 Å². The highest BCUT2D eigenvalue weighted by Crippen LogP contribution is 2.31. The number of benzene rings is 3. The number of carbonyl (C=O) groups excluding carboxylic acids is 2. The summed E-state index contributed by atoms with van der Waals surface area (Å²) in [5.41, 5.74) is 2.01. The zero-order valence-electron chi connectivity index (χ0n) is 17.3. The summed E-state index contributed by atoms with van der Waals surface area (Å²) in [5.74, 6) is 0.488. The van der Waals surface area contributed by atoms with Crippen molar-refractivity contribution in [1.82, 2.24) is 5.32 Å². The number of nitrogens with zero attached hydrogens (tertiary/aromatic N) is 1. The van der Waals surface area contributed by atoms with E-state index in [9.17, 15) is 9.59 Å². The fourth-order valence-corrected chi connectivity index (χ4v) is 3.74. The Morgan fingerprint density at radius 1 is 0.939 bits per heavy atom. The Morgan fingerprint density at radius 2 is 1.76 bits per heavy atom. The van der Waals surface area contributed by atoms with E-state index in [2.05, 4.69) is 5.32 Å². The number of methoxy groups -OCH3 is 1. The Bertz CT molecular complexity index is 1280. The van der Waals surface area contributed by atoms with Crippen molar-refractivity contribution in [2.24, 2.45) is 0 Å². The lowest BCUT2D eigenvalue weighted by Gasteiger charge is -2.12. The molecule has 3 aromatic rings. The van der Waals surface area contributed by atoms with E-state index < -0.39 is 11.9 Å². The van der Waals surface area contributed by atoms with Gasteiger partial charge in [-0.1, -0.05) is 53.0 Å². The quantitative estimate of drug-likeness (QED) is 0.315. The minimum atomic E-state index is -0.554. The molecule has 0 aliphatic carbocycles. The van der Waals surface area contributed by atoms with Crippen LogP contribution in [0, 0.1) is 0 Å². The van der Waals surface area contributed by atoms with Crippen LogP contribution in [-0.4, -0.2) is 19.0 Å². The SMILES string of the molecule is COc1cc(/C=C2/NC(=O)N(c3cccc(Cl)c3)C2=O)ccc1OCc1ccc(Cl)c(Cl)c1. The smallest absolute Gasteiger partial charge is 0.333 e. The third-order valence-corrected chi connectivity index (χ3v) is 5.80. The second-order valence-corrected chi connectivity index (χ2v) is 8.31. The largest absolute Gasteiger partial charge is 0.493 e. The molecule has 1 fully saturated rings. The summed E-state index contributed by atoms with van der Waals surface area (Å²) in [5, 5.41) is 3.93. The van der Waals surface area contributed by atoms with Gasteiger partial charge in [-0.2, -0.15) is 0 Å². The molecule has 9 heteroatoms. The summed E-state index contributed by atoms with van der Waals surface area (Å²) in [6.45, 7) is 0.261. The predicted octanol–water partition coefficient (Wildman–Crippen LogP) is 6.33. The topological polar surface area (TPSA) is 67.9 Å². The Hall–Kier alpha value is -3.19. The van der Waals surface area contributed by atoms with Crippen LogP contribution in [-0.2, 0) is 11.4 Å². The number of urea groups is 1. The highest BCUT2D eigenvalue weighted by atomic mass is 35.5. The van der Waals surface area contributed by atoms with Gasteiger partial charge in [0.05, 0.1) is 22.8 Å². The van der Waals surface area contributed by atoms with Gasteiger partial charge >= 0.3 is 6.03 Å². The number of rotatable bonds is 6. The van der Waals surface area contributed by atoms with Crippen molar-refractivity contribution in [2.75, 3.05) is 12.0 Å². The van der Waals surface area contributed by atoms with Crippen LogP contribution >= 0.6 is 34.8 Å². The van der Waals surface area contributed by atoms with E-state index in [1.807, 2.05) is 6.07 Å². The molecule has 168 valence electrons. The number of amides is 3. The van der Waals surface area contributed by atoms with Crippen LogP contribution in [0.4, 0.5) is 10.5 Å². The van der Waals surface area contributed by atoms with Crippen LogP contribution in [0.2, 0.25) is 15.1 Å². The van der Waals surface area contributed by atoms with Crippen LogP contribution in [0.3, 0.4) is 0 Å². The van der Waals surface area contributed by atoms with Gasteiger partial charge in [-0.3, -0.25) is 4.79 Å². The number of nitrogens with one attached hydrogen (secondary N) is 1. The molecule has 4 rings (SSSR count). The van der Waals surface area contributed by atoms with Gasteiger partial charge in [0.1, 0.15) is 12.3 Å². The number of anilines is 1. The van der Waals surface area contributed by atoms with Crippen LogP contribution < -0.4 is 19.7 Å². The molecule has 0 aromatic heterocycles. The molecule has 6 nitrogen and oxygen atoms in total. The highest BCUT2D eigenvalue weighted by molar-refractivity contribution is 6.42. The average Bonchev–Trinajstić information content (AvgIpc) is 3.07. The standard InChI is InChI=1S/C24H17Cl3N2O4/c1-32-22-11-14(6-8-21(22)33-13-15-5-7-18(26)19(27)9-15)10-20-23(30)29(24(31)28-20)17-4-2-3-16(25)12-17/h2-12H,13H2,1H3,(H,28,31)/b20-10+. The van der Waals surface area contributed by atoms with Crippen molar-refractivity contribution >= 4 is 58.5 Å². The van der Waals surface area contributed by atoms with E-state index in [-0.39, 0.29) is 12.3 Å². The predicted molar refractivity (Wildman–Crippen MR) is 129 cm³/mol. The lowest BCUT2D eigenvalue weighted by molar-refractivity contribution is -0.113. The van der Waals surface area contributed by atoms with Gasteiger partial charge in [0, 0.05) is 5.02 Å². The Morgan fingerprint density at radius 3 is 2.48 bits per heavy atom. The molecule has 0 unspecified atom stereocenters. The summed E-state index contributed by atoms with van der Waals surface area (Å²) in [6.07, 6.45) is 1.57. The minimum absolute atomic E-state index is 0.131. The summed E-state index contributed by atoms with van der Waals surface area (Å²) in [6, 6.07) is 16.4. The maximum absolute atomic E-state index is 12.8. The zero-order chi connectivity index (χ0) is 23.5. The number of carbonyl (C=O) groups is 2. The van der Waals surface area contributed by atoms with E-state index in [1.54, 1.807) is 60.7 Å². The lowest BCUT2D eigenvalue weighted by atomic mass is 10.1. The monoisotopic (exact) mass is 502 g/mol. The van der Waals surface area contributed by atoms with Gasteiger partial charge in [-0.05, 0) is 59.7 Å². The zero-order valence-corrected chi connectivity index (χ0v) is 19.5. The van der Waals surface area contributed by atoms with E-state index >= 15 is 0 Å². The first-order chi connectivity index (χ1) is 15.9. The van der Waals surface area contributed by atoms with Crippen molar-refractivity contribution in [1.29, 1.82) is 0 Å². The summed E-state index contributed by atoms with van der Waals surface area (Å²) < 4.78 is 11.3. The van der Waals surface area contributed by atoms with E-state index in [4.69, 9.17) is 44.3 Å². The molecule has 3 aromatic carbocycles. The van der Waals surface area contributed by atoms with Gasteiger partial charge in [0.2, 0.25) is 0 Å². The molecular formula is C24H17Cl3N2O4. The molecule has 1 N–H and O–H groups in total. The van der Waals surface area contributed by atoms with Crippen molar-refractivity contribution < 1.29 is 19.1 Å². The van der Waals surface area contributed by atoms with Crippen LogP contribution in [0.1, 0.15) is 11.1 Å². The molecule has 3 amide bonds. The van der Waals surface area contributed by atoms with Crippen LogP contribution in [0.5, 0.6) is 11.5 Å². The van der Waals surface area contributed by atoms with E-state index in [0.717, 1.165) is 10.5 Å². The summed E-state index contributed by atoms with van der Waals surface area (Å²) in [7, 11) is 1.52. The first-order valence-electron chi connectivity index (χ1n) is 9.73. The molecule has 0 spiro atoms. The molecule has 0 radical (unpaired) electrons. The second kappa shape index (κ2) is 9.75. The maximum Gasteiger partial charge on any atom is 0.333 e. The van der Waals surface area contributed by atoms with Crippen LogP contribution in [0.25, 0.3) is 6.08 Å². The minimum Gasteiger partial charge on any atom is -0.493 e. The van der Waals surface area contributed by atoms with E-state index in [0.29, 0.717) is 37.8 Å². The van der Waals surface area contributed by atoms with Crippen molar-refractivity contribution in [3.8, 4) is 11.5 Å². The number of halogens is 3. The van der Waals surface area contributed by atoms with Gasteiger partial charge in [0.25, 0.3) is 5.91 Å². The van der Waals surface area contributed by atoms with Gasteiger partial charge in [-0.15, -0.1) is 0 Å². The average molecular weight is 504 g/mol. The molecule has 0 bridgehead atoms. The number of hydrogen-bond donors (Lipinski definition) is 1. The Kier molecular flexibility index (Phi) is 6.79. The molecule has 33 heavy (non-hydrogen) atoms. The highest BCUT2D eigenvalue weighted by Gasteiger charge is 2.35. The molecule has 0 atom stereocenters. The van der Waals surface area contributed by atoms with Gasteiger partial charge in [-0.25, -0.2) is 9.69 Å². The number of imide groups is 1. The molecule has 0 saturated carbocycles. The first-order valence-corrected chi connectivity index (χ1v) is 10.9. The van der Waals surface area contributed by atoms with Crippen LogP contribution in [0.15, 0.2) is 66.4 Å². The number of ether oxygens (including phenoxy) is 2. The van der Waals surface area contributed by atoms with E-state index in [1.165, 1.54) is 7.11 Å². The van der Waals surface area contributed by atoms with Gasteiger partial charge < -0.3 is 14.8 Å². The summed E-state index contributed by atoms with van der Waals surface area (Å²) >= 11 is 18.0. The first kappa shape index (κ1) is 23.0. The third kappa shape index (κ3) is 5.09. The summed E-state index contributed by atoms with van der Waals surface area (Å²) in [4.78, 5) is 26.2. The number of hydrogen-bond acceptors (Lipinski definition) is 4. The van der Waals surface area contributed by atoms with Gasteiger partial charge in [0.15, 0.2) is 11.5 Å². The second-order valence-electron chi connectivity index (χ2n) is 7.06. The van der Waals surface area contributed by atoms with Crippen molar-refractivity contribution in [2.45, 2.75) is 6.61 Å². The molecule has 1 saturated heterocycles. The molecular weight excluding hydrogens is 487 g/mol. The fraction of sp³-hybridized carbons (Fsp3) is 0.0833. The van der Waals surface area contributed by atoms with Crippen molar-refractivity contribution in [3.63, 3.8) is 0 Å². The maximum atomic E-state index is 12.8. The fourth-order valence-electron chi connectivity index (χ4n) is 3.24. The van der Waals surface area contributed by atoms with Crippen molar-refractivity contribution in [3.05, 3.63) is 92.6 Å². The normalized spacial score (nSPS) is 14.5. The lowest BCUT2D eigenvalue weighted by Crippen LogP contribution is -2.30. The molecule has 1 aliphatic heterocycles. The Balaban J connectivity index is 1.53.